The van der Waals surface area contributed by atoms with Gasteiger partial charge in [0.2, 0.25) is 0 Å². The molecule has 1 aliphatic carbocycles. The van der Waals surface area contributed by atoms with Crippen molar-refractivity contribution in [1.29, 1.82) is 0 Å². The quantitative estimate of drug-likeness (QED) is 0.731. The second-order valence-corrected chi connectivity index (χ2v) is 6.92. The molecule has 1 unspecified atom stereocenters. The smallest absolute Gasteiger partial charge is 0.407 e. The molecular formula is C20H18N2O4. The number of benzene rings is 2. The molecule has 0 bridgehead atoms. The number of carbonyl (C=O) groups is 1. The van der Waals surface area contributed by atoms with Crippen molar-refractivity contribution >= 4 is 17.0 Å². The Kier molecular flexibility index (Phi) is 3.30. The first kappa shape index (κ1) is 15.4. The summed E-state index contributed by atoms with van der Waals surface area (Å²) >= 11 is 0. The molecule has 1 N–H and O–H groups in total. The van der Waals surface area contributed by atoms with E-state index in [9.17, 15) is 9.59 Å². The Morgan fingerprint density at radius 2 is 2.04 bits per heavy atom. The Morgan fingerprint density at radius 3 is 2.96 bits per heavy atom. The van der Waals surface area contributed by atoms with Crippen LogP contribution in [0.1, 0.15) is 27.9 Å². The fourth-order valence-corrected chi connectivity index (χ4v) is 4.24. The number of rotatable bonds is 1. The molecule has 1 atom stereocenters. The number of aromatic nitrogens is 1. The number of morpholine rings is 1. The summed E-state index contributed by atoms with van der Waals surface area (Å²) < 4.78 is 11.4. The Bertz CT molecular complexity index is 1060. The number of oxazole rings is 1. The zero-order valence-corrected chi connectivity index (χ0v) is 14.2. The number of ether oxygens (including phenoxy) is 1. The molecule has 1 aromatic heterocycles. The molecule has 2 aliphatic rings. The predicted octanol–water partition coefficient (Wildman–Crippen LogP) is 2.44. The Labute approximate surface area is 149 Å². The third-order valence-electron chi connectivity index (χ3n) is 5.46. The lowest BCUT2D eigenvalue weighted by Crippen LogP contribution is -2.51. The molecule has 1 spiro atoms. The fraction of sp³-hybridized carbons (Fsp3) is 0.300. The van der Waals surface area contributed by atoms with E-state index in [4.69, 9.17) is 9.15 Å². The molecule has 2 heterocycles. The largest absolute Gasteiger partial charge is 0.417 e. The van der Waals surface area contributed by atoms with Crippen molar-refractivity contribution in [2.45, 2.75) is 18.4 Å². The van der Waals surface area contributed by atoms with E-state index in [-0.39, 0.29) is 5.91 Å². The predicted molar refractivity (Wildman–Crippen MR) is 95.1 cm³/mol. The Balaban J connectivity index is 1.51. The van der Waals surface area contributed by atoms with Crippen LogP contribution in [0.2, 0.25) is 0 Å². The summed E-state index contributed by atoms with van der Waals surface area (Å²) in [7, 11) is 0. The fourth-order valence-electron chi connectivity index (χ4n) is 4.24. The van der Waals surface area contributed by atoms with E-state index in [0.717, 1.165) is 12.8 Å². The molecule has 1 saturated heterocycles. The van der Waals surface area contributed by atoms with Crippen LogP contribution in [-0.2, 0) is 16.8 Å². The first-order valence-corrected chi connectivity index (χ1v) is 8.80. The van der Waals surface area contributed by atoms with Crippen LogP contribution in [0.25, 0.3) is 11.1 Å². The maximum absolute atomic E-state index is 13.2. The van der Waals surface area contributed by atoms with Crippen LogP contribution in [0, 0.1) is 0 Å². The van der Waals surface area contributed by atoms with Crippen LogP contribution >= 0.6 is 0 Å². The van der Waals surface area contributed by atoms with Crippen LogP contribution in [0.15, 0.2) is 51.7 Å². The zero-order chi connectivity index (χ0) is 17.7. The first-order valence-electron chi connectivity index (χ1n) is 8.80. The van der Waals surface area contributed by atoms with Gasteiger partial charge in [0.25, 0.3) is 5.91 Å². The van der Waals surface area contributed by atoms with Crippen LogP contribution in [0.4, 0.5) is 0 Å². The number of nitrogens with zero attached hydrogens (tertiary/aromatic N) is 1. The molecule has 2 aromatic carbocycles. The molecule has 5 rings (SSSR count). The van der Waals surface area contributed by atoms with Gasteiger partial charge < -0.3 is 14.1 Å². The normalized spacial score (nSPS) is 22.1. The molecule has 1 fully saturated rings. The topological polar surface area (TPSA) is 75.5 Å². The number of nitrogens with one attached hydrogen (secondary N) is 1. The van der Waals surface area contributed by atoms with Crippen LogP contribution in [-0.4, -0.2) is 35.5 Å². The van der Waals surface area contributed by atoms with E-state index < -0.39 is 11.4 Å². The van der Waals surface area contributed by atoms with Crippen molar-refractivity contribution in [2.75, 3.05) is 19.7 Å². The molecule has 26 heavy (non-hydrogen) atoms. The highest BCUT2D eigenvalue weighted by Gasteiger charge is 2.44. The SMILES string of the molecule is O=C(c1cccc2[nH]c(=O)oc12)N1CCOC2(CCc3ccccc32)C1. The van der Waals surface area contributed by atoms with Gasteiger partial charge in [-0.25, -0.2) is 4.79 Å². The minimum atomic E-state index is -0.552. The van der Waals surface area contributed by atoms with Crippen molar-refractivity contribution < 1.29 is 13.9 Å². The lowest BCUT2D eigenvalue weighted by atomic mass is 9.93. The van der Waals surface area contributed by atoms with Gasteiger partial charge >= 0.3 is 5.76 Å². The van der Waals surface area contributed by atoms with Gasteiger partial charge in [0.1, 0.15) is 5.60 Å². The van der Waals surface area contributed by atoms with E-state index in [0.29, 0.717) is 36.4 Å². The second kappa shape index (κ2) is 5.57. The Morgan fingerprint density at radius 1 is 1.15 bits per heavy atom. The lowest BCUT2D eigenvalue weighted by molar-refractivity contribution is -0.103. The summed E-state index contributed by atoms with van der Waals surface area (Å²) in [4.78, 5) is 29.1. The van der Waals surface area contributed by atoms with Crippen molar-refractivity contribution in [2.24, 2.45) is 0 Å². The van der Waals surface area contributed by atoms with E-state index in [2.05, 4.69) is 17.1 Å². The van der Waals surface area contributed by atoms with Crippen molar-refractivity contribution in [3.63, 3.8) is 0 Å². The maximum Gasteiger partial charge on any atom is 0.417 e. The third-order valence-corrected chi connectivity index (χ3v) is 5.46. The number of hydrogen-bond acceptors (Lipinski definition) is 4. The third kappa shape index (κ3) is 2.22. The van der Waals surface area contributed by atoms with Crippen LogP contribution in [0.5, 0.6) is 0 Å². The summed E-state index contributed by atoms with van der Waals surface area (Å²) in [5.41, 5.74) is 3.30. The monoisotopic (exact) mass is 350 g/mol. The van der Waals surface area contributed by atoms with Crippen LogP contribution < -0.4 is 5.76 Å². The standard InChI is InChI=1S/C20H18N2O4/c23-18(14-5-3-7-16-17(14)26-19(24)21-16)22-10-11-25-20(12-22)9-8-13-4-1-2-6-15(13)20/h1-7H,8-12H2,(H,21,24). The van der Waals surface area contributed by atoms with E-state index in [1.165, 1.54) is 11.1 Å². The molecule has 132 valence electrons. The summed E-state index contributed by atoms with van der Waals surface area (Å²) in [5, 5.41) is 0. The molecular weight excluding hydrogens is 332 g/mol. The lowest BCUT2D eigenvalue weighted by Gasteiger charge is -2.41. The van der Waals surface area contributed by atoms with Gasteiger partial charge in [-0.05, 0) is 36.1 Å². The first-order chi connectivity index (χ1) is 12.7. The summed E-state index contributed by atoms with van der Waals surface area (Å²) in [5.74, 6) is -0.686. The molecule has 6 heteroatoms. The molecule has 6 nitrogen and oxygen atoms in total. The van der Waals surface area contributed by atoms with E-state index in [1.54, 1.807) is 18.2 Å². The highest BCUT2D eigenvalue weighted by atomic mass is 16.5. The average Bonchev–Trinajstić information content (AvgIpc) is 3.21. The Hall–Kier alpha value is -2.86. The molecule has 1 amide bonds. The van der Waals surface area contributed by atoms with Crippen molar-refractivity contribution in [1.82, 2.24) is 9.88 Å². The van der Waals surface area contributed by atoms with Gasteiger partial charge in [0.15, 0.2) is 5.58 Å². The average molecular weight is 350 g/mol. The number of aryl methyl sites for hydroxylation is 1. The number of para-hydroxylation sites is 1. The van der Waals surface area contributed by atoms with Crippen LogP contribution in [0.3, 0.4) is 0 Å². The highest BCUT2D eigenvalue weighted by molar-refractivity contribution is 6.04. The molecule has 0 radical (unpaired) electrons. The second-order valence-electron chi connectivity index (χ2n) is 6.92. The number of H-pyrrole nitrogens is 1. The maximum atomic E-state index is 13.2. The van der Waals surface area contributed by atoms with Gasteiger partial charge in [-0.1, -0.05) is 30.3 Å². The number of hydrogen-bond donors (Lipinski definition) is 1. The molecule has 0 saturated carbocycles. The summed E-state index contributed by atoms with van der Waals surface area (Å²) in [6.07, 6.45) is 1.83. The van der Waals surface area contributed by atoms with Crippen molar-refractivity contribution in [3.8, 4) is 0 Å². The van der Waals surface area contributed by atoms with Gasteiger partial charge in [0, 0.05) is 6.54 Å². The van der Waals surface area contributed by atoms with Gasteiger partial charge in [-0.3, -0.25) is 9.78 Å². The molecule has 3 aromatic rings. The van der Waals surface area contributed by atoms with Gasteiger partial charge in [0.05, 0.1) is 24.2 Å². The van der Waals surface area contributed by atoms with Crippen molar-refractivity contribution in [3.05, 3.63) is 69.7 Å². The number of amides is 1. The molecule has 1 aliphatic heterocycles. The minimum Gasteiger partial charge on any atom is -0.407 e. The highest BCUT2D eigenvalue weighted by Crippen LogP contribution is 2.42. The summed E-state index contributed by atoms with van der Waals surface area (Å²) in [6, 6.07) is 13.5. The minimum absolute atomic E-state index is 0.134. The van der Waals surface area contributed by atoms with Gasteiger partial charge in [-0.15, -0.1) is 0 Å². The van der Waals surface area contributed by atoms with Gasteiger partial charge in [-0.2, -0.15) is 0 Å². The summed E-state index contributed by atoms with van der Waals surface area (Å²) in [6.45, 7) is 1.52. The number of aromatic amines is 1. The van der Waals surface area contributed by atoms with E-state index >= 15 is 0 Å². The zero-order valence-electron chi connectivity index (χ0n) is 14.2. The number of fused-ring (bicyclic) bond motifs is 3. The van der Waals surface area contributed by atoms with E-state index in [1.807, 2.05) is 17.0 Å². The number of carbonyl (C=O) groups excluding carboxylic acids is 1.